The minimum absolute atomic E-state index is 1.01. The van der Waals surface area contributed by atoms with E-state index < -0.39 is 34.8 Å². The summed E-state index contributed by atoms with van der Waals surface area (Å²) >= 11 is 0. The Labute approximate surface area is 76.4 Å². The number of aliphatic hydroxyl groups is 2. The van der Waals surface area contributed by atoms with Gasteiger partial charge in [-0.1, -0.05) is 0 Å². The number of hydrogen-bond acceptors (Lipinski definition) is 6. The Morgan fingerprint density at radius 3 is 1.62 bits per heavy atom. The van der Waals surface area contributed by atoms with Crippen LogP contribution < -0.4 is 0 Å². The fraction of sp³-hybridized carbons (Fsp3) is 1.00. The van der Waals surface area contributed by atoms with Crippen LogP contribution in [-0.2, 0) is 18.8 Å². The molecule has 0 aromatic carbocycles. The van der Waals surface area contributed by atoms with E-state index in [0.29, 0.717) is 0 Å². The summed E-state index contributed by atoms with van der Waals surface area (Å²) in [5.74, 6) is 0. The van der Waals surface area contributed by atoms with E-state index >= 15 is 0 Å². The lowest BCUT2D eigenvalue weighted by atomic mass is 10.1. The summed E-state index contributed by atoms with van der Waals surface area (Å²) in [6.45, 7) is 2.68. The minimum atomic E-state index is -4.10. The van der Waals surface area contributed by atoms with Crippen LogP contribution >= 0.6 is 0 Å². The first-order chi connectivity index (χ1) is 5.83. The molecule has 4 atom stereocenters. The lowest BCUT2D eigenvalue weighted by Gasteiger charge is -2.20. The van der Waals surface area contributed by atoms with Crippen LogP contribution in [0.4, 0.5) is 0 Å². The lowest BCUT2D eigenvalue weighted by molar-refractivity contribution is -0.0576. The molecule has 1 heterocycles. The molecule has 78 valence electrons. The maximum absolute atomic E-state index is 10.9. The highest BCUT2D eigenvalue weighted by Gasteiger charge is 2.38. The molecule has 0 saturated carbocycles. The second kappa shape index (κ2) is 3.50. The minimum Gasteiger partial charge on any atom is -0.388 e. The van der Waals surface area contributed by atoms with Crippen molar-refractivity contribution in [1.82, 2.24) is 0 Å². The first-order valence-electron chi connectivity index (χ1n) is 3.81. The molecule has 0 amide bonds. The molecular formula is C6H12O6S. The monoisotopic (exact) mass is 212 g/mol. The van der Waals surface area contributed by atoms with Crippen molar-refractivity contribution in [2.45, 2.75) is 38.3 Å². The van der Waals surface area contributed by atoms with Crippen molar-refractivity contribution in [3.8, 4) is 0 Å². The van der Waals surface area contributed by atoms with Crippen molar-refractivity contribution in [3.05, 3.63) is 0 Å². The van der Waals surface area contributed by atoms with Gasteiger partial charge in [0.25, 0.3) is 0 Å². The van der Waals surface area contributed by atoms with Gasteiger partial charge >= 0.3 is 10.4 Å². The summed E-state index contributed by atoms with van der Waals surface area (Å²) in [6.07, 6.45) is -4.56. The number of aliphatic hydroxyl groups excluding tert-OH is 2. The van der Waals surface area contributed by atoms with Crippen LogP contribution in [0.2, 0.25) is 0 Å². The van der Waals surface area contributed by atoms with Crippen LogP contribution in [0.1, 0.15) is 13.8 Å². The topological polar surface area (TPSA) is 93.1 Å². The highest BCUT2D eigenvalue weighted by molar-refractivity contribution is 7.81. The molecule has 13 heavy (non-hydrogen) atoms. The van der Waals surface area contributed by atoms with Crippen molar-refractivity contribution in [2.75, 3.05) is 0 Å². The van der Waals surface area contributed by atoms with E-state index in [4.69, 9.17) is 0 Å². The van der Waals surface area contributed by atoms with Gasteiger partial charge in [0.1, 0.15) is 24.4 Å². The molecule has 1 saturated heterocycles. The molecule has 1 aliphatic heterocycles. The van der Waals surface area contributed by atoms with Crippen LogP contribution in [-0.4, -0.2) is 43.0 Å². The SMILES string of the molecule is C[C@H]1OS(=O)(=O)O[C@H](C)[C@@H](O)[C@@H]1O. The van der Waals surface area contributed by atoms with E-state index in [1.807, 2.05) is 0 Å². The molecule has 0 aliphatic carbocycles. The zero-order valence-electron chi connectivity index (χ0n) is 7.25. The van der Waals surface area contributed by atoms with Gasteiger partial charge in [-0.05, 0) is 13.8 Å². The van der Waals surface area contributed by atoms with Crippen LogP contribution in [0.5, 0.6) is 0 Å². The first-order valence-corrected chi connectivity index (χ1v) is 5.14. The average Bonchev–Trinajstić information content (AvgIpc) is 2.03. The first kappa shape index (κ1) is 10.9. The molecule has 2 N–H and O–H groups in total. The smallest absolute Gasteiger partial charge is 0.388 e. The normalized spacial score (nSPS) is 45.5. The molecular weight excluding hydrogens is 200 g/mol. The Morgan fingerprint density at radius 2 is 1.31 bits per heavy atom. The number of hydrogen-bond donors (Lipinski definition) is 2. The van der Waals surface area contributed by atoms with Crippen molar-refractivity contribution in [2.24, 2.45) is 0 Å². The molecule has 7 heteroatoms. The van der Waals surface area contributed by atoms with Crippen LogP contribution in [0, 0.1) is 0 Å². The summed E-state index contributed by atoms with van der Waals surface area (Å²) in [4.78, 5) is 0. The van der Waals surface area contributed by atoms with Crippen LogP contribution in [0.3, 0.4) is 0 Å². The lowest BCUT2D eigenvalue weighted by Crippen LogP contribution is -2.40. The molecule has 0 aromatic heterocycles. The summed E-state index contributed by atoms with van der Waals surface area (Å²) in [5, 5.41) is 18.6. The van der Waals surface area contributed by atoms with Gasteiger partial charge in [0.2, 0.25) is 0 Å². The second-order valence-electron chi connectivity index (χ2n) is 2.99. The summed E-state index contributed by atoms with van der Waals surface area (Å²) in [6, 6.07) is 0. The van der Waals surface area contributed by atoms with Gasteiger partial charge in [0, 0.05) is 0 Å². The highest BCUT2D eigenvalue weighted by Crippen LogP contribution is 2.19. The van der Waals surface area contributed by atoms with E-state index in [1.54, 1.807) is 0 Å². The Balaban J connectivity index is 2.92. The maximum Gasteiger partial charge on any atom is 0.400 e. The fourth-order valence-electron chi connectivity index (χ4n) is 1.06. The summed E-state index contributed by atoms with van der Waals surface area (Å²) < 4.78 is 30.6. The molecule has 6 nitrogen and oxygen atoms in total. The highest BCUT2D eigenvalue weighted by atomic mass is 32.3. The van der Waals surface area contributed by atoms with E-state index in [-0.39, 0.29) is 0 Å². The predicted molar refractivity (Wildman–Crippen MR) is 42.0 cm³/mol. The zero-order valence-corrected chi connectivity index (χ0v) is 8.06. The van der Waals surface area contributed by atoms with Crippen molar-refractivity contribution >= 4 is 10.4 Å². The third-order valence-electron chi connectivity index (χ3n) is 1.85. The molecule has 1 fully saturated rings. The molecule has 0 unspecified atom stereocenters. The van der Waals surface area contributed by atoms with Crippen LogP contribution in [0.25, 0.3) is 0 Å². The maximum atomic E-state index is 10.9. The molecule has 0 spiro atoms. The Bertz CT molecular complexity index is 251. The van der Waals surface area contributed by atoms with Gasteiger partial charge < -0.3 is 10.2 Å². The quantitative estimate of drug-likeness (QED) is 0.522. The van der Waals surface area contributed by atoms with Crippen LogP contribution in [0.15, 0.2) is 0 Å². The Hall–Kier alpha value is -0.210. The molecule has 1 rings (SSSR count). The summed E-state index contributed by atoms with van der Waals surface area (Å²) in [7, 11) is -4.10. The van der Waals surface area contributed by atoms with Gasteiger partial charge in [-0.2, -0.15) is 8.42 Å². The van der Waals surface area contributed by atoms with E-state index in [0.717, 1.165) is 0 Å². The van der Waals surface area contributed by atoms with Gasteiger partial charge in [-0.15, -0.1) is 0 Å². The Kier molecular flexibility index (Phi) is 2.93. The van der Waals surface area contributed by atoms with E-state index in [1.165, 1.54) is 13.8 Å². The third-order valence-corrected chi connectivity index (χ3v) is 2.93. The number of rotatable bonds is 0. The van der Waals surface area contributed by atoms with Crippen molar-refractivity contribution in [3.63, 3.8) is 0 Å². The van der Waals surface area contributed by atoms with Gasteiger partial charge in [-0.3, -0.25) is 0 Å². The van der Waals surface area contributed by atoms with Gasteiger partial charge in [-0.25, -0.2) is 8.37 Å². The third kappa shape index (κ3) is 2.38. The zero-order chi connectivity index (χ0) is 10.2. The second-order valence-corrected chi connectivity index (χ2v) is 4.19. The molecule has 0 bridgehead atoms. The molecule has 0 radical (unpaired) electrons. The van der Waals surface area contributed by atoms with Crippen molar-refractivity contribution < 1.29 is 27.0 Å². The molecule has 1 aliphatic rings. The van der Waals surface area contributed by atoms with E-state index in [9.17, 15) is 18.6 Å². The molecule has 0 aromatic rings. The Morgan fingerprint density at radius 1 is 1.00 bits per heavy atom. The van der Waals surface area contributed by atoms with Gasteiger partial charge in [0.05, 0.1) is 0 Å². The average molecular weight is 212 g/mol. The van der Waals surface area contributed by atoms with E-state index in [2.05, 4.69) is 8.37 Å². The standard InChI is InChI=1S/C6H12O6S/c1-3-5(7)6(8)4(2)12-13(9,10)11-3/h3-8H,1-2H3/t3-,4-,5-,6-/m1/s1. The predicted octanol–water partition coefficient (Wildman–Crippen LogP) is -1.22. The largest absolute Gasteiger partial charge is 0.400 e. The summed E-state index contributed by atoms with van der Waals surface area (Å²) in [5.41, 5.74) is 0. The fourth-order valence-corrected chi connectivity index (χ4v) is 2.08. The van der Waals surface area contributed by atoms with Gasteiger partial charge in [0.15, 0.2) is 0 Å². The van der Waals surface area contributed by atoms with Crippen molar-refractivity contribution in [1.29, 1.82) is 0 Å².